The number of Topliss-reactive ketones (excluding diaryl/α,β-unsaturated/α-hetero) is 1. The second-order valence-corrected chi connectivity index (χ2v) is 30.8. The lowest BCUT2D eigenvalue weighted by Gasteiger charge is -2.38. The summed E-state index contributed by atoms with van der Waals surface area (Å²) < 4.78 is 113. The molecular weight excluding hydrogens is 1440 g/mol. The third-order valence-corrected chi connectivity index (χ3v) is 22.0. The van der Waals surface area contributed by atoms with Crippen molar-refractivity contribution < 1.29 is 67.6 Å². The zero-order valence-electron chi connectivity index (χ0n) is 56.4. The number of carbonyl (C=O) groups is 4. The molecule has 4 aromatic carbocycles. The van der Waals surface area contributed by atoms with E-state index < -0.39 is 69.4 Å². The minimum absolute atomic E-state index is 0.00390. The van der Waals surface area contributed by atoms with Gasteiger partial charge in [-0.3, -0.25) is 28.0 Å². The zero-order valence-corrected chi connectivity index (χ0v) is 61.3. The molecule has 32 nitrogen and oxygen atoms in total. The van der Waals surface area contributed by atoms with Crippen molar-refractivity contribution in [3.8, 4) is 11.5 Å². The summed E-state index contributed by atoms with van der Waals surface area (Å²) in [6.45, 7) is 13.2. The minimum atomic E-state index is -4.62. The molecule has 3 aromatic heterocycles. The number of amides is 3. The van der Waals surface area contributed by atoms with Crippen molar-refractivity contribution >= 4 is 180 Å². The number of ketones is 1. The first-order chi connectivity index (χ1) is 48.6. The number of hydrogen-bond donors (Lipinski definition) is 7. The summed E-state index contributed by atoms with van der Waals surface area (Å²) in [5, 5.41) is 30.7. The fourth-order valence-corrected chi connectivity index (χ4v) is 16.1. The lowest BCUT2D eigenvalue weighted by atomic mass is 10.00. The minimum Gasteiger partial charge on any atom is -0.494 e. The molecule has 0 atom stereocenters. The van der Waals surface area contributed by atoms with E-state index in [0.717, 1.165) is 84.4 Å². The average molecular weight is 1510 g/mol. The maximum Gasteiger partial charge on any atom is 0.357 e. The number of thiazole rings is 2. The number of aromatic nitrogens is 5. The average Bonchev–Trinajstić information content (AvgIpc) is 1.44. The molecule has 1 spiro atoms. The van der Waals surface area contributed by atoms with E-state index in [-0.39, 0.29) is 82.8 Å². The Balaban J connectivity index is 1.04. The predicted molar refractivity (Wildman–Crippen MR) is 392 cm³/mol. The van der Waals surface area contributed by atoms with Crippen molar-refractivity contribution in [2.24, 2.45) is 20.5 Å². The Morgan fingerprint density at radius 1 is 0.667 bits per heavy atom. The third-order valence-electron chi connectivity index (χ3n) is 16.7. The van der Waals surface area contributed by atoms with Gasteiger partial charge in [-0.15, -0.1) is 20.5 Å². The Kier molecular flexibility index (Phi) is 23.9. The van der Waals surface area contributed by atoms with Crippen molar-refractivity contribution in [1.82, 2.24) is 29.4 Å². The van der Waals surface area contributed by atoms with Gasteiger partial charge >= 0.3 is 5.91 Å². The molecule has 38 heteroatoms. The van der Waals surface area contributed by atoms with E-state index in [1.807, 2.05) is 42.4 Å². The quantitative estimate of drug-likeness (QED) is 0.00435. The lowest BCUT2D eigenvalue weighted by molar-refractivity contribution is -0.129. The molecule has 2 fully saturated rings. The van der Waals surface area contributed by atoms with Crippen molar-refractivity contribution in [2.45, 2.75) is 88.1 Å². The van der Waals surface area contributed by atoms with E-state index in [1.54, 1.807) is 24.3 Å². The molecule has 0 unspecified atom stereocenters. The smallest absolute Gasteiger partial charge is 0.357 e. The number of piperidine rings is 2. The number of hydrogen-bond acceptors (Lipinski definition) is 29. The molecule has 102 heavy (non-hydrogen) atoms. The highest BCUT2D eigenvalue weighted by atomic mass is 32.2. The largest absolute Gasteiger partial charge is 0.494 e. The van der Waals surface area contributed by atoms with Crippen LogP contribution in [0, 0.1) is 0 Å². The summed E-state index contributed by atoms with van der Waals surface area (Å²) in [6, 6.07) is 16.8. The Hall–Kier alpha value is -9.25. The number of quaternary nitrogens is 1. The first kappa shape index (κ1) is 75.4. The highest BCUT2D eigenvalue weighted by Gasteiger charge is 2.50. The van der Waals surface area contributed by atoms with E-state index in [1.165, 1.54) is 57.6 Å². The molecule has 10 rings (SSSR count). The molecule has 6 heterocycles. The van der Waals surface area contributed by atoms with Gasteiger partial charge in [-0.1, -0.05) is 46.6 Å². The highest BCUT2D eigenvalue weighted by molar-refractivity contribution is 8.00. The van der Waals surface area contributed by atoms with Crippen LogP contribution in [0.4, 0.5) is 79.3 Å². The van der Waals surface area contributed by atoms with Gasteiger partial charge in [-0.05, 0) is 134 Å². The fraction of sp³-hybridized carbons (Fsp3) is 0.359. The molecule has 7 N–H and O–H groups in total. The monoisotopic (exact) mass is 1510 g/mol. The molecule has 7 aromatic rings. The molecule has 0 bridgehead atoms. The van der Waals surface area contributed by atoms with E-state index >= 15 is 0 Å². The number of carbonyl (C=O) groups excluding carboxylic acids is 4. The number of ether oxygens (including phenoxy) is 2. The van der Waals surface area contributed by atoms with Crippen LogP contribution in [0.3, 0.4) is 0 Å². The first-order valence-electron chi connectivity index (χ1n) is 32.2. The Morgan fingerprint density at radius 2 is 1.19 bits per heavy atom. The van der Waals surface area contributed by atoms with Crippen LogP contribution in [0.25, 0.3) is 12.2 Å². The van der Waals surface area contributed by atoms with Crippen molar-refractivity contribution in [1.29, 1.82) is 0 Å². The maximum absolute atomic E-state index is 14.6. The standard InChI is InChI=1S/C64H73N17O15S6/c1-8-78(9-2)49-34-45(47(36-51(49)95-6)74-76-63-69-55(80-24-14-12-15-25-80)53(98-63)32-43(38(5)82)57(83)65-39-20-18-22-41(30-39)101(89,90)91)67-60-71-61(73-62(72-60)97-28-29-100(86,87)88)68-46-35-50(79(10-3)11-4)52(96-7)37-48(46)75-77-64-70-56-54(99-64)33-44(59(85)81(56)26-16-13-17-27-81)58(84)66-40-21-19-23-42(31-40)102(92,93)94/h18-23,30-37H,8-17,24-29H2,1-7H3,(H6-,65,66,67,68,69,70,71,72,73,76,77,82,83,84,85,86,87,88,89,90,91,92,93,94)/p+1. The third kappa shape index (κ3) is 18.0. The lowest BCUT2D eigenvalue weighted by Crippen LogP contribution is -2.60. The zero-order chi connectivity index (χ0) is 73.3. The van der Waals surface area contributed by atoms with Crippen molar-refractivity contribution in [2.75, 3.05) is 114 Å². The Bertz CT molecular complexity index is 4850. The van der Waals surface area contributed by atoms with Gasteiger partial charge < -0.3 is 45.4 Å². The molecule has 3 aliphatic rings. The van der Waals surface area contributed by atoms with Crippen LogP contribution < -0.4 is 49.9 Å². The van der Waals surface area contributed by atoms with Crippen LogP contribution in [0.15, 0.2) is 119 Å². The molecule has 0 aliphatic carbocycles. The second-order valence-electron chi connectivity index (χ2n) is 23.3. The van der Waals surface area contributed by atoms with Crippen molar-refractivity contribution in [3.05, 3.63) is 93.7 Å². The summed E-state index contributed by atoms with van der Waals surface area (Å²) >= 11 is 3.03. The van der Waals surface area contributed by atoms with Gasteiger partial charge in [0, 0.05) is 68.5 Å². The molecule has 3 aliphatic heterocycles. The highest BCUT2D eigenvalue weighted by Crippen LogP contribution is 2.47. The van der Waals surface area contributed by atoms with Gasteiger partial charge in [0.1, 0.15) is 39.1 Å². The van der Waals surface area contributed by atoms with Gasteiger partial charge in [-0.25, -0.2) is 9.28 Å². The summed E-state index contributed by atoms with van der Waals surface area (Å²) in [7, 11) is -10.7. The van der Waals surface area contributed by atoms with Gasteiger partial charge in [0.15, 0.2) is 10.9 Å². The summed E-state index contributed by atoms with van der Waals surface area (Å²) in [5.41, 5.74) is 1.76. The van der Waals surface area contributed by atoms with Crippen LogP contribution in [0.1, 0.15) is 82.9 Å². The topological polar surface area (TPSA) is 422 Å². The number of anilines is 9. The van der Waals surface area contributed by atoms with Crippen LogP contribution in [0.2, 0.25) is 0 Å². The number of nitrogens with one attached hydrogen (secondary N) is 4. The van der Waals surface area contributed by atoms with Crippen LogP contribution >= 0.6 is 34.4 Å². The number of azo groups is 2. The first-order valence-corrected chi connectivity index (χ1v) is 39.3. The van der Waals surface area contributed by atoms with Crippen LogP contribution in [-0.2, 0) is 49.5 Å². The van der Waals surface area contributed by atoms with Crippen LogP contribution in [-0.4, -0.2) is 165 Å². The number of rotatable bonds is 29. The predicted octanol–water partition coefficient (Wildman–Crippen LogP) is 11.9. The number of fused-ring (bicyclic) bond motifs is 2. The van der Waals surface area contributed by atoms with Gasteiger partial charge in [0.05, 0.1) is 76.1 Å². The summed E-state index contributed by atoms with van der Waals surface area (Å²) in [5.74, 6) is -2.15. The van der Waals surface area contributed by atoms with Gasteiger partial charge in [-0.2, -0.15) is 50.2 Å². The fourth-order valence-electron chi connectivity index (χ4n) is 11.6. The van der Waals surface area contributed by atoms with E-state index in [2.05, 4.69) is 31.5 Å². The molecule has 540 valence electrons. The second kappa shape index (κ2) is 32.4. The normalized spacial score (nSPS) is 14.9. The number of methoxy groups -OCH3 is 2. The van der Waals surface area contributed by atoms with E-state index in [4.69, 9.17) is 44.6 Å². The summed E-state index contributed by atoms with van der Waals surface area (Å²) in [6.07, 6.45) is 7.60. The molecule has 3 amide bonds. The molecule has 2 saturated heterocycles. The Labute approximate surface area is 600 Å². The van der Waals surface area contributed by atoms with Gasteiger partial charge in [0.25, 0.3) is 48.0 Å². The molecular formula is C64H74N17O15S6+. The number of thioether (sulfide) groups is 1. The SMILES string of the molecule is CCN(CC)c1cc(Nc2nc(Nc3cc(N(CC)CC)c(OC)cc3N=Nc3nc4c(s3)C=C(C(=O)Nc3cccc(S(=O)(=O)O)c3)C(=O)[N+]43CCCCC3)nc(SCCS(=O)(=O)O)n2)c(N=Nc2nc(N3CCCCC3)c(C=C(C(C)=O)C(=O)Nc3cccc(S(=O)(=O)O)c3)s2)cc1OC. The molecule has 0 saturated carbocycles. The maximum atomic E-state index is 14.6. The number of nitrogens with zero attached hydrogens (tertiary/aromatic N) is 13. The van der Waals surface area contributed by atoms with E-state index in [9.17, 15) is 58.1 Å². The van der Waals surface area contributed by atoms with Crippen molar-refractivity contribution in [3.63, 3.8) is 0 Å². The Morgan fingerprint density at radius 3 is 1.69 bits per heavy atom. The molecule has 0 radical (unpaired) electrons. The summed E-state index contributed by atoms with van der Waals surface area (Å²) in [4.78, 5) is 85.8. The van der Waals surface area contributed by atoms with Gasteiger partial charge in [0.2, 0.25) is 22.2 Å². The van der Waals surface area contributed by atoms with Crippen LogP contribution in [0.5, 0.6) is 11.5 Å². The number of benzene rings is 4. The van der Waals surface area contributed by atoms with E-state index in [0.29, 0.717) is 109 Å².